The van der Waals surface area contributed by atoms with Crippen molar-refractivity contribution in [2.45, 2.75) is 19.8 Å². The van der Waals surface area contributed by atoms with Crippen LogP contribution in [0.2, 0.25) is 0 Å². The number of benzene rings is 1. The van der Waals surface area contributed by atoms with Crippen LogP contribution in [-0.4, -0.2) is 18.9 Å². The Balaban J connectivity index is 2.87. The molecular weight excluding hydrogens is 228 g/mol. The zero-order valence-corrected chi connectivity index (χ0v) is 10.7. The van der Waals surface area contributed by atoms with E-state index < -0.39 is 0 Å². The number of rotatable bonds is 5. The van der Waals surface area contributed by atoms with Crippen LogP contribution in [0, 0.1) is 6.92 Å². The van der Waals surface area contributed by atoms with Crippen molar-refractivity contribution in [3.05, 3.63) is 42.0 Å². The Hall–Kier alpha value is -2.10. The molecule has 0 aromatic heterocycles. The van der Waals surface area contributed by atoms with Crippen molar-refractivity contribution in [1.82, 2.24) is 5.32 Å². The molecular formula is C14H18N2O2. The number of hydrogen-bond acceptors (Lipinski definition) is 2. The summed E-state index contributed by atoms with van der Waals surface area (Å²) in [6, 6.07) is 5.27. The molecule has 0 saturated heterocycles. The van der Waals surface area contributed by atoms with Gasteiger partial charge >= 0.3 is 0 Å². The topological polar surface area (TPSA) is 58.2 Å². The van der Waals surface area contributed by atoms with Gasteiger partial charge in [-0.3, -0.25) is 9.59 Å². The molecule has 0 atom stereocenters. The smallest absolute Gasteiger partial charge is 0.251 e. The van der Waals surface area contributed by atoms with Gasteiger partial charge in [0.25, 0.3) is 5.91 Å². The lowest BCUT2D eigenvalue weighted by Gasteiger charge is -2.11. The normalized spacial score (nSPS) is 9.67. The van der Waals surface area contributed by atoms with Gasteiger partial charge in [0, 0.05) is 24.7 Å². The van der Waals surface area contributed by atoms with E-state index in [1.54, 1.807) is 31.3 Å². The molecule has 0 spiro atoms. The fraction of sp³-hybridized carbons (Fsp3) is 0.286. The lowest BCUT2D eigenvalue weighted by molar-refractivity contribution is -0.116. The van der Waals surface area contributed by atoms with Gasteiger partial charge in [0.1, 0.15) is 0 Å². The Morgan fingerprint density at radius 3 is 2.72 bits per heavy atom. The molecule has 1 rings (SSSR count). The summed E-state index contributed by atoms with van der Waals surface area (Å²) in [6.07, 6.45) is 2.74. The van der Waals surface area contributed by atoms with Gasteiger partial charge in [0.05, 0.1) is 0 Å². The van der Waals surface area contributed by atoms with Crippen LogP contribution < -0.4 is 10.6 Å². The van der Waals surface area contributed by atoms with Gasteiger partial charge in [-0.05, 0) is 31.0 Å². The lowest BCUT2D eigenvalue weighted by Crippen LogP contribution is -2.20. The highest BCUT2D eigenvalue weighted by Crippen LogP contribution is 2.19. The zero-order valence-electron chi connectivity index (χ0n) is 10.7. The van der Waals surface area contributed by atoms with Gasteiger partial charge in [0.15, 0.2) is 0 Å². The monoisotopic (exact) mass is 246 g/mol. The number of hydrogen-bond donors (Lipinski definition) is 2. The van der Waals surface area contributed by atoms with Crippen molar-refractivity contribution in [2.24, 2.45) is 0 Å². The maximum Gasteiger partial charge on any atom is 0.251 e. The quantitative estimate of drug-likeness (QED) is 0.783. The first-order chi connectivity index (χ1) is 8.60. The van der Waals surface area contributed by atoms with Gasteiger partial charge in [-0.2, -0.15) is 0 Å². The van der Waals surface area contributed by atoms with Gasteiger partial charge in [-0.1, -0.05) is 12.1 Å². The number of amides is 2. The SMILES string of the molecule is C=CCCC(=O)Nc1cccc(C(=O)NC)c1C. The van der Waals surface area contributed by atoms with Gasteiger partial charge in [-0.25, -0.2) is 0 Å². The molecule has 0 aliphatic carbocycles. The van der Waals surface area contributed by atoms with Crippen LogP contribution in [-0.2, 0) is 4.79 Å². The summed E-state index contributed by atoms with van der Waals surface area (Å²) in [7, 11) is 1.58. The molecule has 2 N–H and O–H groups in total. The van der Waals surface area contributed by atoms with Crippen molar-refractivity contribution in [3.63, 3.8) is 0 Å². The third-order valence-corrected chi connectivity index (χ3v) is 2.66. The molecule has 2 amide bonds. The molecule has 0 fully saturated rings. The van der Waals surface area contributed by atoms with Crippen molar-refractivity contribution in [2.75, 3.05) is 12.4 Å². The van der Waals surface area contributed by atoms with Crippen LogP contribution in [0.25, 0.3) is 0 Å². The summed E-state index contributed by atoms with van der Waals surface area (Å²) in [4.78, 5) is 23.2. The van der Waals surface area contributed by atoms with E-state index in [0.717, 1.165) is 5.56 Å². The van der Waals surface area contributed by atoms with Crippen LogP contribution in [0.1, 0.15) is 28.8 Å². The summed E-state index contributed by atoms with van der Waals surface area (Å²) in [5.41, 5.74) is 2.01. The molecule has 1 aromatic rings. The van der Waals surface area contributed by atoms with Crippen LogP contribution in [0.4, 0.5) is 5.69 Å². The number of nitrogens with one attached hydrogen (secondary N) is 2. The molecule has 96 valence electrons. The summed E-state index contributed by atoms with van der Waals surface area (Å²) in [5.74, 6) is -0.234. The van der Waals surface area contributed by atoms with Crippen LogP contribution in [0.3, 0.4) is 0 Å². The van der Waals surface area contributed by atoms with E-state index in [9.17, 15) is 9.59 Å². The summed E-state index contributed by atoms with van der Waals surface area (Å²) < 4.78 is 0. The number of carbonyl (C=O) groups excluding carboxylic acids is 2. The molecule has 0 saturated carbocycles. The first-order valence-corrected chi connectivity index (χ1v) is 5.82. The van der Waals surface area contributed by atoms with Crippen LogP contribution in [0.5, 0.6) is 0 Å². The molecule has 1 aromatic carbocycles. The van der Waals surface area contributed by atoms with Crippen molar-refractivity contribution >= 4 is 17.5 Å². The largest absolute Gasteiger partial charge is 0.355 e. The standard InChI is InChI=1S/C14H18N2O2/c1-4-5-9-13(17)16-12-8-6-7-11(10(12)2)14(18)15-3/h4,6-8H,1,5,9H2,2-3H3,(H,15,18)(H,16,17). The second kappa shape index (κ2) is 6.59. The average molecular weight is 246 g/mol. The summed E-state index contributed by atoms with van der Waals surface area (Å²) >= 11 is 0. The second-order valence-electron chi connectivity index (χ2n) is 3.93. The molecule has 4 heteroatoms. The zero-order chi connectivity index (χ0) is 13.5. The summed E-state index contributed by atoms with van der Waals surface area (Å²) in [5, 5.41) is 5.37. The van der Waals surface area contributed by atoms with E-state index in [0.29, 0.717) is 24.1 Å². The third-order valence-electron chi connectivity index (χ3n) is 2.66. The average Bonchev–Trinajstić information content (AvgIpc) is 2.38. The van der Waals surface area contributed by atoms with E-state index >= 15 is 0 Å². The Morgan fingerprint density at radius 2 is 2.11 bits per heavy atom. The fourth-order valence-electron chi connectivity index (χ4n) is 1.60. The van der Waals surface area contributed by atoms with E-state index in [1.165, 1.54) is 0 Å². The molecule has 0 unspecified atom stereocenters. The van der Waals surface area contributed by atoms with Crippen molar-refractivity contribution in [3.8, 4) is 0 Å². The Kier molecular flexibility index (Phi) is 5.11. The van der Waals surface area contributed by atoms with Crippen LogP contribution in [0.15, 0.2) is 30.9 Å². The molecule has 0 radical (unpaired) electrons. The molecule has 18 heavy (non-hydrogen) atoms. The van der Waals surface area contributed by atoms with Crippen LogP contribution >= 0.6 is 0 Å². The predicted molar refractivity (Wildman–Crippen MR) is 72.6 cm³/mol. The van der Waals surface area contributed by atoms with E-state index in [4.69, 9.17) is 0 Å². The number of carbonyl (C=O) groups is 2. The summed E-state index contributed by atoms with van der Waals surface area (Å²) in [6.45, 7) is 5.39. The Morgan fingerprint density at radius 1 is 1.39 bits per heavy atom. The van der Waals surface area contributed by atoms with Crippen molar-refractivity contribution < 1.29 is 9.59 Å². The minimum Gasteiger partial charge on any atom is -0.355 e. The van der Waals surface area contributed by atoms with Crippen molar-refractivity contribution in [1.29, 1.82) is 0 Å². The molecule has 4 nitrogen and oxygen atoms in total. The highest BCUT2D eigenvalue weighted by Gasteiger charge is 2.11. The fourth-order valence-corrected chi connectivity index (χ4v) is 1.60. The highest BCUT2D eigenvalue weighted by atomic mass is 16.2. The predicted octanol–water partition coefficient (Wildman–Crippen LogP) is 2.26. The van der Waals surface area contributed by atoms with Gasteiger partial charge < -0.3 is 10.6 Å². The molecule has 0 bridgehead atoms. The van der Waals surface area contributed by atoms with E-state index in [1.807, 2.05) is 6.92 Å². The van der Waals surface area contributed by atoms with Gasteiger partial charge in [-0.15, -0.1) is 6.58 Å². The van der Waals surface area contributed by atoms with Gasteiger partial charge in [0.2, 0.25) is 5.91 Å². The Labute approximate surface area is 107 Å². The maximum atomic E-state index is 11.6. The first-order valence-electron chi connectivity index (χ1n) is 5.82. The highest BCUT2D eigenvalue weighted by molar-refractivity contribution is 5.99. The second-order valence-corrected chi connectivity index (χ2v) is 3.93. The number of anilines is 1. The minimum atomic E-state index is -0.158. The molecule has 0 aliphatic rings. The lowest BCUT2D eigenvalue weighted by atomic mass is 10.1. The van der Waals surface area contributed by atoms with E-state index in [-0.39, 0.29) is 11.8 Å². The molecule has 0 aliphatic heterocycles. The minimum absolute atomic E-state index is 0.0768. The Bertz CT molecular complexity index is 467. The first kappa shape index (κ1) is 14.0. The third kappa shape index (κ3) is 3.45. The maximum absolute atomic E-state index is 11.6. The van der Waals surface area contributed by atoms with E-state index in [2.05, 4.69) is 17.2 Å². The molecule has 0 heterocycles. The number of allylic oxidation sites excluding steroid dienone is 1.